The molecule has 0 atom stereocenters. The second-order valence-electron chi connectivity index (χ2n) is 6.05. The Morgan fingerprint density at radius 1 is 1.16 bits per heavy atom. The van der Waals surface area contributed by atoms with Gasteiger partial charge in [-0.1, -0.05) is 0 Å². The largest absolute Gasteiger partial charge is 0.496 e. The van der Waals surface area contributed by atoms with Crippen molar-refractivity contribution in [1.82, 2.24) is 4.98 Å². The topological polar surface area (TPSA) is 31.4 Å². The molecule has 2 heterocycles. The SMILES string of the molecule is COc1ccncc1C1=CC(C)(C)Oc2ccc(SC(F)(F)F)cc21. The van der Waals surface area contributed by atoms with Crippen LogP contribution in [-0.4, -0.2) is 23.2 Å². The second kappa shape index (κ2) is 6.29. The molecule has 7 heteroatoms. The zero-order valence-electron chi connectivity index (χ0n) is 13.8. The van der Waals surface area contributed by atoms with Gasteiger partial charge in [-0.25, -0.2) is 0 Å². The lowest BCUT2D eigenvalue weighted by Gasteiger charge is -2.32. The lowest BCUT2D eigenvalue weighted by atomic mass is 9.90. The van der Waals surface area contributed by atoms with Gasteiger partial charge in [-0.05, 0) is 61.5 Å². The smallest absolute Gasteiger partial charge is 0.446 e. The van der Waals surface area contributed by atoms with Crippen molar-refractivity contribution in [1.29, 1.82) is 0 Å². The Morgan fingerprint density at radius 2 is 1.92 bits per heavy atom. The molecule has 0 radical (unpaired) electrons. The number of nitrogens with zero attached hydrogens (tertiary/aromatic N) is 1. The van der Waals surface area contributed by atoms with Gasteiger partial charge in [0, 0.05) is 28.4 Å². The summed E-state index contributed by atoms with van der Waals surface area (Å²) in [5, 5.41) is 0. The Morgan fingerprint density at radius 3 is 2.60 bits per heavy atom. The summed E-state index contributed by atoms with van der Waals surface area (Å²) in [7, 11) is 1.54. The summed E-state index contributed by atoms with van der Waals surface area (Å²) in [6, 6.07) is 6.19. The summed E-state index contributed by atoms with van der Waals surface area (Å²) in [6.07, 6.45) is 5.11. The lowest BCUT2D eigenvalue weighted by Crippen LogP contribution is -2.29. The highest BCUT2D eigenvalue weighted by Gasteiger charge is 2.32. The highest BCUT2D eigenvalue weighted by Crippen LogP contribution is 2.45. The van der Waals surface area contributed by atoms with Crippen LogP contribution in [0.5, 0.6) is 11.5 Å². The van der Waals surface area contributed by atoms with E-state index >= 15 is 0 Å². The Labute approximate surface area is 147 Å². The maximum atomic E-state index is 12.7. The number of halogens is 3. The Balaban J connectivity index is 2.15. The minimum atomic E-state index is -4.35. The fourth-order valence-electron chi connectivity index (χ4n) is 2.73. The molecule has 2 aromatic rings. The van der Waals surface area contributed by atoms with E-state index in [0.717, 1.165) is 5.57 Å². The molecule has 0 amide bonds. The number of ether oxygens (including phenoxy) is 2. The van der Waals surface area contributed by atoms with Gasteiger partial charge in [0.1, 0.15) is 17.1 Å². The first-order valence-corrected chi connectivity index (χ1v) is 8.30. The molecule has 0 spiro atoms. The van der Waals surface area contributed by atoms with Gasteiger partial charge in [0.2, 0.25) is 0 Å². The summed E-state index contributed by atoms with van der Waals surface area (Å²) in [6.45, 7) is 3.77. The Kier molecular flexibility index (Phi) is 4.45. The van der Waals surface area contributed by atoms with Gasteiger partial charge >= 0.3 is 5.51 Å². The number of pyridine rings is 1. The van der Waals surface area contributed by atoms with Crippen LogP contribution in [-0.2, 0) is 0 Å². The molecule has 25 heavy (non-hydrogen) atoms. The predicted octanol–water partition coefficient (Wildman–Crippen LogP) is 5.30. The van der Waals surface area contributed by atoms with Gasteiger partial charge < -0.3 is 9.47 Å². The van der Waals surface area contributed by atoms with Gasteiger partial charge in [0.25, 0.3) is 0 Å². The number of thioether (sulfide) groups is 1. The number of rotatable bonds is 3. The highest BCUT2D eigenvalue weighted by molar-refractivity contribution is 8.00. The number of methoxy groups -OCH3 is 1. The van der Waals surface area contributed by atoms with Gasteiger partial charge in [0.15, 0.2) is 0 Å². The molecule has 1 aliphatic heterocycles. The molecule has 0 N–H and O–H groups in total. The molecule has 0 bridgehead atoms. The quantitative estimate of drug-likeness (QED) is 0.689. The van der Waals surface area contributed by atoms with Crippen LogP contribution in [0.3, 0.4) is 0 Å². The zero-order chi connectivity index (χ0) is 18.2. The van der Waals surface area contributed by atoms with E-state index in [4.69, 9.17) is 9.47 Å². The molecule has 0 saturated heterocycles. The van der Waals surface area contributed by atoms with Crippen molar-refractivity contribution in [3.05, 3.63) is 53.9 Å². The first kappa shape index (κ1) is 17.7. The van der Waals surface area contributed by atoms with Crippen molar-refractivity contribution in [2.75, 3.05) is 7.11 Å². The summed E-state index contributed by atoms with van der Waals surface area (Å²) < 4.78 is 49.5. The molecule has 0 fully saturated rings. The van der Waals surface area contributed by atoms with Crippen molar-refractivity contribution < 1.29 is 22.6 Å². The molecule has 1 aromatic heterocycles. The van der Waals surface area contributed by atoms with Gasteiger partial charge in [-0.15, -0.1) is 0 Å². The van der Waals surface area contributed by atoms with Gasteiger partial charge in [0.05, 0.1) is 7.11 Å². The molecular formula is C18H16F3NO2S. The highest BCUT2D eigenvalue weighted by atomic mass is 32.2. The van der Waals surface area contributed by atoms with Crippen LogP contribution >= 0.6 is 11.8 Å². The third-order valence-electron chi connectivity index (χ3n) is 3.63. The van der Waals surface area contributed by atoms with Crippen molar-refractivity contribution in [2.45, 2.75) is 29.9 Å². The van der Waals surface area contributed by atoms with Gasteiger partial charge in [-0.3, -0.25) is 4.98 Å². The van der Waals surface area contributed by atoms with Crippen LogP contribution in [0.25, 0.3) is 5.57 Å². The van der Waals surface area contributed by atoms with Crippen LogP contribution < -0.4 is 9.47 Å². The summed E-state index contributed by atoms with van der Waals surface area (Å²) in [5.74, 6) is 1.12. The first-order valence-electron chi connectivity index (χ1n) is 7.49. The van der Waals surface area contributed by atoms with Crippen molar-refractivity contribution in [3.63, 3.8) is 0 Å². The molecule has 132 valence electrons. The van der Waals surface area contributed by atoms with Crippen LogP contribution in [0.4, 0.5) is 13.2 Å². The van der Waals surface area contributed by atoms with E-state index in [9.17, 15) is 13.2 Å². The molecule has 1 aromatic carbocycles. The van der Waals surface area contributed by atoms with Crippen LogP contribution in [0, 0.1) is 0 Å². The Hall–Kier alpha value is -2.15. The molecule has 1 aliphatic rings. The standard InChI is InChI=1S/C18H16F3NO2S/c1-17(2)9-13(14-10-22-7-6-15(14)23-3)12-8-11(25-18(19,20)21)4-5-16(12)24-17/h4-10H,1-3H3. The van der Waals surface area contributed by atoms with E-state index in [0.29, 0.717) is 22.6 Å². The van der Waals surface area contributed by atoms with E-state index in [1.807, 2.05) is 19.9 Å². The maximum absolute atomic E-state index is 12.7. The fraction of sp³-hybridized carbons (Fsp3) is 0.278. The van der Waals surface area contributed by atoms with Crippen molar-refractivity contribution >= 4 is 17.3 Å². The van der Waals surface area contributed by atoms with E-state index in [2.05, 4.69) is 4.98 Å². The number of aromatic nitrogens is 1. The molecule has 0 saturated carbocycles. The summed E-state index contributed by atoms with van der Waals surface area (Å²) in [4.78, 5) is 4.22. The number of benzene rings is 1. The lowest BCUT2D eigenvalue weighted by molar-refractivity contribution is -0.0328. The fourth-order valence-corrected chi connectivity index (χ4v) is 3.31. The third kappa shape index (κ3) is 3.92. The van der Waals surface area contributed by atoms with Gasteiger partial charge in [-0.2, -0.15) is 13.2 Å². The summed E-state index contributed by atoms with van der Waals surface area (Å²) >= 11 is -0.149. The van der Waals surface area contributed by atoms with E-state index in [1.54, 1.807) is 31.6 Å². The maximum Gasteiger partial charge on any atom is 0.446 e. The second-order valence-corrected chi connectivity index (χ2v) is 7.18. The monoisotopic (exact) mass is 367 g/mol. The number of fused-ring (bicyclic) bond motifs is 1. The van der Waals surface area contributed by atoms with Crippen LogP contribution in [0.1, 0.15) is 25.0 Å². The third-order valence-corrected chi connectivity index (χ3v) is 4.35. The average Bonchev–Trinajstić information content (AvgIpc) is 2.52. The Bertz CT molecular complexity index is 831. The first-order chi connectivity index (χ1) is 11.7. The summed E-state index contributed by atoms with van der Waals surface area (Å²) in [5.41, 5.74) is -2.93. The zero-order valence-corrected chi connectivity index (χ0v) is 14.7. The van der Waals surface area contributed by atoms with Crippen molar-refractivity contribution in [2.24, 2.45) is 0 Å². The van der Waals surface area contributed by atoms with Crippen molar-refractivity contribution in [3.8, 4) is 11.5 Å². The predicted molar refractivity (Wildman–Crippen MR) is 90.9 cm³/mol. The number of hydrogen-bond donors (Lipinski definition) is 0. The normalized spacial score (nSPS) is 15.8. The van der Waals surface area contributed by atoms with Crippen LogP contribution in [0.2, 0.25) is 0 Å². The average molecular weight is 367 g/mol. The van der Waals surface area contributed by atoms with E-state index in [1.165, 1.54) is 12.1 Å². The number of hydrogen-bond acceptors (Lipinski definition) is 4. The van der Waals surface area contributed by atoms with Crippen LogP contribution in [0.15, 0.2) is 47.6 Å². The minimum Gasteiger partial charge on any atom is -0.496 e. The molecular weight excluding hydrogens is 351 g/mol. The van der Waals surface area contributed by atoms with E-state index < -0.39 is 11.1 Å². The molecule has 0 aliphatic carbocycles. The number of alkyl halides is 3. The molecule has 3 nitrogen and oxygen atoms in total. The van der Waals surface area contributed by atoms with E-state index in [-0.39, 0.29) is 16.7 Å². The molecule has 0 unspecified atom stereocenters. The minimum absolute atomic E-state index is 0.100. The molecule has 3 rings (SSSR count).